The smallest absolute Gasteiger partial charge is 0.0369 e. The maximum absolute atomic E-state index is 3.40. The summed E-state index contributed by atoms with van der Waals surface area (Å²) in [5.41, 5.74) is 2.49. The van der Waals surface area contributed by atoms with Gasteiger partial charge in [0, 0.05) is 30.0 Å². The zero-order valence-electron chi connectivity index (χ0n) is 11.1. The van der Waals surface area contributed by atoms with Crippen molar-refractivity contribution < 1.29 is 0 Å². The summed E-state index contributed by atoms with van der Waals surface area (Å²) in [7, 11) is 0. The summed E-state index contributed by atoms with van der Waals surface area (Å²) in [4.78, 5) is 2.39. The van der Waals surface area contributed by atoms with Gasteiger partial charge in [-0.3, -0.25) is 0 Å². The van der Waals surface area contributed by atoms with E-state index in [4.69, 9.17) is 0 Å². The molecule has 0 saturated heterocycles. The van der Waals surface area contributed by atoms with E-state index in [-0.39, 0.29) is 0 Å². The van der Waals surface area contributed by atoms with Crippen LogP contribution in [-0.2, 0) is 0 Å². The minimum Gasteiger partial charge on any atom is -0.383 e. The van der Waals surface area contributed by atoms with Crippen molar-refractivity contribution >= 4 is 11.4 Å². The van der Waals surface area contributed by atoms with Crippen LogP contribution in [0.2, 0.25) is 0 Å². The Morgan fingerprint density at radius 1 is 1.06 bits per heavy atom. The standard InChI is InChI=1S/C14H24N2/c1-6-16(12(4)5)14-9-7-13(8-10-14)15-11(2)3/h7-12,15H,6H2,1-5H3. The van der Waals surface area contributed by atoms with Gasteiger partial charge in [0.05, 0.1) is 0 Å². The van der Waals surface area contributed by atoms with E-state index in [1.807, 2.05) is 0 Å². The summed E-state index contributed by atoms with van der Waals surface area (Å²) in [6.45, 7) is 12.0. The van der Waals surface area contributed by atoms with E-state index in [1.54, 1.807) is 0 Å². The summed E-state index contributed by atoms with van der Waals surface area (Å²) in [5.74, 6) is 0. The third-order valence-corrected chi connectivity index (χ3v) is 2.62. The predicted molar refractivity (Wildman–Crippen MR) is 73.4 cm³/mol. The Kier molecular flexibility index (Phi) is 4.66. The van der Waals surface area contributed by atoms with Crippen LogP contribution in [0, 0.1) is 0 Å². The van der Waals surface area contributed by atoms with Crippen LogP contribution in [0.4, 0.5) is 11.4 Å². The second-order valence-corrected chi connectivity index (χ2v) is 4.73. The molecule has 1 aromatic carbocycles. The highest BCUT2D eigenvalue weighted by Gasteiger charge is 2.07. The van der Waals surface area contributed by atoms with Gasteiger partial charge < -0.3 is 10.2 Å². The normalized spacial score (nSPS) is 10.9. The van der Waals surface area contributed by atoms with E-state index in [1.165, 1.54) is 11.4 Å². The van der Waals surface area contributed by atoms with E-state index in [9.17, 15) is 0 Å². The Balaban J connectivity index is 2.77. The number of nitrogens with zero attached hydrogens (tertiary/aromatic N) is 1. The third kappa shape index (κ3) is 3.44. The van der Waals surface area contributed by atoms with Gasteiger partial charge in [0.1, 0.15) is 0 Å². The first-order valence-electron chi connectivity index (χ1n) is 6.17. The molecule has 0 aliphatic heterocycles. The van der Waals surface area contributed by atoms with Crippen molar-refractivity contribution in [3.8, 4) is 0 Å². The monoisotopic (exact) mass is 220 g/mol. The number of hydrogen-bond acceptors (Lipinski definition) is 2. The average Bonchev–Trinajstić information content (AvgIpc) is 2.20. The molecule has 0 amide bonds. The van der Waals surface area contributed by atoms with Gasteiger partial charge in [-0.1, -0.05) is 0 Å². The van der Waals surface area contributed by atoms with Gasteiger partial charge in [-0.25, -0.2) is 0 Å². The summed E-state index contributed by atoms with van der Waals surface area (Å²) in [5, 5.41) is 3.40. The Morgan fingerprint density at radius 2 is 1.62 bits per heavy atom. The minimum atomic E-state index is 0.484. The van der Waals surface area contributed by atoms with Crippen LogP contribution in [0.3, 0.4) is 0 Å². The van der Waals surface area contributed by atoms with Crippen LogP contribution in [0.15, 0.2) is 24.3 Å². The van der Waals surface area contributed by atoms with Gasteiger partial charge in [0.25, 0.3) is 0 Å². The fourth-order valence-corrected chi connectivity index (χ4v) is 1.93. The van der Waals surface area contributed by atoms with Gasteiger partial charge in [0.2, 0.25) is 0 Å². The fourth-order valence-electron chi connectivity index (χ4n) is 1.93. The molecule has 90 valence electrons. The molecule has 0 saturated carbocycles. The van der Waals surface area contributed by atoms with E-state index >= 15 is 0 Å². The molecule has 1 aromatic rings. The largest absolute Gasteiger partial charge is 0.383 e. The van der Waals surface area contributed by atoms with Gasteiger partial charge in [-0.05, 0) is 58.9 Å². The summed E-state index contributed by atoms with van der Waals surface area (Å²) >= 11 is 0. The van der Waals surface area contributed by atoms with E-state index in [2.05, 4.69) is 69.1 Å². The molecular weight excluding hydrogens is 196 g/mol. The maximum Gasteiger partial charge on any atom is 0.0369 e. The highest BCUT2D eigenvalue weighted by molar-refractivity contribution is 5.55. The van der Waals surface area contributed by atoms with Crippen LogP contribution in [0.25, 0.3) is 0 Å². The van der Waals surface area contributed by atoms with E-state index in [0.717, 1.165) is 6.54 Å². The molecular formula is C14H24N2. The van der Waals surface area contributed by atoms with Crippen LogP contribution < -0.4 is 10.2 Å². The summed E-state index contributed by atoms with van der Waals surface area (Å²) < 4.78 is 0. The molecule has 1 rings (SSSR count). The first-order valence-corrected chi connectivity index (χ1v) is 6.17. The molecule has 1 N–H and O–H groups in total. The number of hydrogen-bond donors (Lipinski definition) is 1. The van der Waals surface area contributed by atoms with Gasteiger partial charge in [-0.2, -0.15) is 0 Å². The second kappa shape index (κ2) is 5.78. The van der Waals surface area contributed by atoms with Gasteiger partial charge >= 0.3 is 0 Å². The Hall–Kier alpha value is -1.18. The van der Waals surface area contributed by atoms with Crippen LogP contribution in [-0.4, -0.2) is 18.6 Å². The van der Waals surface area contributed by atoms with Crippen molar-refractivity contribution in [3.63, 3.8) is 0 Å². The first-order chi connectivity index (χ1) is 7.54. The molecule has 0 aromatic heterocycles. The fraction of sp³-hybridized carbons (Fsp3) is 0.571. The summed E-state index contributed by atoms with van der Waals surface area (Å²) in [6.07, 6.45) is 0. The highest BCUT2D eigenvalue weighted by atomic mass is 15.1. The first kappa shape index (κ1) is 12.9. The SMILES string of the molecule is CCN(c1ccc(NC(C)C)cc1)C(C)C. The molecule has 0 atom stereocenters. The number of anilines is 2. The molecule has 0 heterocycles. The number of benzene rings is 1. The zero-order chi connectivity index (χ0) is 12.1. The van der Waals surface area contributed by atoms with E-state index < -0.39 is 0 Å². The molecule has 2 heteroatoms. The maximum atomic E-state index is 3.40. The lowest BCUT2D eigenvalue weighted by atomic mass is 10.2. The molecule has 16 heavy (non-hydrogen) atoms. The minimum absolute atomic E-state index is 0.484. The lowest BCUT2D eigenvalue weighted by Crippen LogP contribution is -2.30. The number of rotatable bonds is 5. The molecule has 0 bridgehead atoms. The Morgan fingerprint density at radius 3 is 2.00 bits per heavy atom. The highest BCUT2D eigenvalue weighted by Crippen LogP contribution is 2.20. The van der Waals surface area contributed by atoms with Crippen molar-refractivity contribution in [2.45, 2.75) is 46.7 Å². The van der Waals surface area contributed by atoms with Gasteiger partial charge in [-0.15, -0.1) is 0 Å². The lowest BCUT2D eigenvalue weighted by Gasteiger charge is -2.27. The van der Waals surface area contributed by atoms with Crippen molar-refractivity contribution in [3.05, 3.63) is 24.3 Å². The Bertz CT molecular complexity index is 301. The molecule has 2 nitrogen and oxygen atoms in total. The van der Waals surface area contributed by atoms with Crippen molar-refractivity contribution in [2.24, 2.45) is 0 Å². The molecule has 0 fully saturated rings. The number of nitrogens with one attached hydrogen (secondary N) is 1. The molecule has 0 radical (unpaired) electrons. The second-order valence-electron chi connectivity index (χ2n) is 4.73. The van der Waals surface area contributed by atoms with Gasteiger partial charge in [0.15, 0.2) is 0 Å². The zero-order valence-corrected chi connectivity index (χ0v) is 11.1. The summed E-state index contributed by atoms with van der Waals surface area (Å²) in [6, 6.07) is 9.72. The van der Waals surface area contributed by atoms with Crippen molar-refractivity contribution in [2.75, 3.05) is 16.8 Å². The van der Waals surface area contributed by atoms with Crippen molar-refractivity contribution in [1.29, 1.82) is 0 Å². The topological polar surface area (TPSA) is 15.3 Å². The molecule has 0 unspecified atom stereocenters. The lowest BCUT2D eigenvalue weighted by molar-refractivity contribution is 0.704. The molecule has 0 spiro atoms. The van der Waals surface area contributed by atoms with Crippen LogP contribution in [0.1, 0.15) is 34.6 Å². The average molecular weight is 220 g/mol. The quantitative estimate of drug-likeness (QED) is 0.813. The van der Waals surface area contributed by atoms with E-state index in [0.29, 0.717) is 12.1 Å². The molecule has 0 aliphatic rings. The van der Waals surface area contributed by atoms with Crippen LogP contribution >= 0.6 is 0 Å². The molecule has 0 aliphatic carbocycles. The Labute approximate surface area is 99.7 Å². The van der Waals surface area contributed by atoms with Crippen LogP contribution in [0.5, 0.6) is 0 Å². The third-order valence-electron chi connectivity index (χ3n) is 2.62. The predicted octanol–water partition coefficient (Wildman–Crippen LogP) is 3.74. The van der Waals surface area contributed by atoms with Crippen molar-refractivity contribution in [1.82, 2.24) is 0 Å².